The third-order valence-corrected chi connectivity index (χ3v) is 4.76. The van der Waals surface area contributed by atoms with Gasteiger partial charge < -0.3 is 4.74 Å². The molecule has 1 aliphatic carbocycles. The molecule has 0 spiro atoms. The number of fused-ring (bicyclic) bond motifs is 1. The highest BCUT2D eigenvalue weighted by molar-refractivity contribution is 6.33. The Bertz CT molecular complexity index is 887. The maximum atomic E-state index is 6.42. The number of aryl methyl sites for hydroxylation is 1. The Morgan fingerprint density at radius 3 is 2.73 bits per heavy atom. The average Bonchev–Trinajstić information content (AvgIpc) is 2.67. The monoisotopic (exact) mass is 387 g/mol. The normalized spacial score (nSPS) is 12.8. The van der Waals surface area contributed by atoms with Crippen LogP contribution in [0.3, 0.4) is 0 Å². The summed E-state index contributed by atoms with van der Waals surface area (Å²) in [5, 5.41) is 0.699. The summed E-state index contributed by atoms with van der Waals surface area (Å²) in [7, 11) is 0. The molecule has 0 atom stereocenters. The van der Waals surface area contributed by atoms with E-state index in [4.69, 9.17) is 21.3 Å². The summed E-state index contributed by atoms with van der Waals surface area (Å²) in [6.07, 6.45) is 9.61. The first-order chi connectivity index (χ1) is 12.3. The zero-order valence-corrected chi connectivity index (χ0v) is 15.8. The summed E-state index contributed by atoms with van der Waals surface area (Å²) in [6.45, 7) is 0.396. The van der Waals surface area contributed by atoms with E-state index in [0.29, 0.717) is 17.5 Å². The van der Waals surface area contributed by atoms with Crippen LogP contribution < -0.4 is 4.74 Å². The van der Waals surface area contributed by atoms with Gasteiger partial charge in [0.25, 0.3) is 0 Å². The van der Waals surface area contributed by atoms with Crippen molar-refractivity contribution in [1.82, 2.24) is 15.0 Å². The van der Waals surface area contributed by atoms with Gasteiger partial charge in [0.15, 0.2) is 0 Å². The summed E-state index contributed by atoms with van der Waals surface area (Å²) < 4.78 is 5.92. The molecule has 0 unspecified atom stereocenters. The second-order valence-corrected chi connectivity index (χ2v) is 6.51. The van der Waals surface area contributed by atoms with Crippen LogP contribution in [0.1, 0.15) is 29.8 Å². The summed E-state index contributed by atoms with van der Waals surface area (Å²) in [6, 6.07) is 9.59. The van der Waals surface area contributed by atoms with Crippen molar-refractivity contribution in [2.24, 2.45) is 0 Å². The van der Waals surface area contributed by atoms with Crippen molar-refractivity contribution in [1.29, 1.82) is 0 Å². The van der Waals surface area contributed by atoms with Crippen molar-refractivity contribution < 1.29 is 4.74 Å². The molecule has 0 amide bonds. The zero-order chi connectivity index (χ0) is 17.1. The molecule has 0 bridgehead atoms. The lowest BCUT2D eigenvalue weighted by Gasteiger charge is -2.20. The first-order valence-electron chi connectivity index (χ1n) is 8.46. The highest BCUT2D eigenvalue weighted by atomic mass is 35.5. The van der Waals surface area contributed by atoms with E-state index >= 15 is 0 Å². The molecule has 0 aliphatic heterocycles. The van der Waals surface area contributed by atoms with E-state index in [2.05, 4.69) is 9.97 Å². The Kier molecular flexibility index (Phi) is 6.07. The third kappa shape index (κ3) is 3.97. The van der Waals surface area contributed by atoms with Gasteiger partial charge in [-0.25, -0.2) is 4.98 Å². The van der Waals surface area contributed by atoms with Crippen molar-refractivity contribution in [3.8, 4) is 17.0 Å². The topological polar surface area (TPSA) is 47.9 Å². The van der Waals surface area contributed by atoms with Crippen molar-refractivity contribution in [3.63, 3.8) is 0 Å². The summed E-state index contributed by atoms with van der Waals surface area (Å²) in [4.78, 5) is 13.3. The van der Waals surface area contributed by atoms with Gasteiger partial charge in [0, 0.05) is 35.9 Å². The molecular weight excluding hydrogens is 369 g/mol. The van der Waals surface area contributed by atoms with Crippen LogP contribution in [-0.4, -0.2) is 15.0 Å². The number of aromatic nitrogens is 3. The molecular formula is C20H19Cl2N3O. The van der Waals surface area contributed by atoms with Crippen LogP contribution in [0, 0.1) is 0 Å². The van der Waals surface area contributed by atoms with Gasteiger partial charge in [0.05, 0.1) is 10.7 Å². The zero-order valence-electron chi connectivity index (χ0n) is 14.2. The van der Waals surface area contributed by atoms with E-state index in [9.17, 15) is 0 Å². The molecule has 0 N–H and O–H groups in total. The summed E-state index contributed by atoms with van der Waals surface area (Å²) >= 11 is 6.42. The number of nitrogens with zero attached hydrogens (tertiary/aromatic N) is 3. The highest BCUT2D eigenvalue weighted by Gasteiger charge is 2.19. The van der Waals surface area contributed by atoms with Crippen molar-refractivity contribution in [3.05, 3.63) is 70.9 Å². The lowest BCUT2D eigenvalue weighted by molar-refractivity contribution is 0.288. The van der Waals surface area contributed by atoms with Gasteiger partial charge in [-0.3, -0.25) is 9.97 Å². The van der Waals surface area contributed by atoms with Crippen LogP contribution in [0.15, 0.2) is 48.9 Å². The second-order valence-electron chi connectivity index (χ2n) is 6.11. The quantitative estimate of drug-likeness (QED) is 0.626. The molecule has 6 heteroatoms. The predicted octanol–water partition coefficient (Wildman–Crippen LogP) is 5.07. The molecule has 0 aromatic carbocycles. The van der Waals surface area contributed by atoms with Gasteiger partial charge >= 0.3 is 0 Å². The summed E-state index contributed by atoms with van der Waals surface area (Å²) in [5.74, 6) is 0.612. The average molecular weight is 388 g/mol. The van der Waals surface area contributed by atoms with E-state index in [1.165, 1.54) is 12.0 Å². The van der Waals surface area contributed by atoms with Crippen LogP contribution in [0.4, 0.5) is 0 Å². The van der Waals surface area contributed by atoms with Gasteiger partial charge in [-0.1, -0.05) is 17.7 Å². The first-order valence-corrected chi connectivity index (χ1v) is 8.84. The summed E-state index contributed by atoms with van der Waals surface area (Å²) in [5.41, 5.74) is 5.28. The number of ether oxygens (including phenoxy) is 1. The van der Waals surface area contributed by atoms with Gasteiger partial charge in [-0.15, -0.1) is 12.4 Å². The standard InChI is InChI=1S/C20H18ClN3O.ClH/c21-18-8-10-22-12-17(18)16-11-20(24-19-7-2-1-6-15(16)19)25-13-14-5-3-4-9-23-14;/h3-5,8-12H,1-2,6-7,13H2;1H. The number of rotatable bonds is 4. The molecule has 4 nitrogen and oxygen atoms in total. The lowest BCUT2D eigenvalue weighted by Crippen LogP contribution is -2.09. The van der Waals surface area contributed by atoms with E-state index in [0.717, 1.165) is 41.8 Å². The minimum Gasteiger partial charge on any atom is -0.471 e. The maximum Gasteiger partial charge on any atom is 0.214 e. The van der Waals surface area contributed by atoms with Gasteiger partial charge in [-0.2, -0.15) is 0 Å². The molecule has 26 heavy (non-hydrogen) atoms. The number of hydrogen-bond donors (Lipinski definition) is 0. The van der Waals surface area contributed by atoms with Crippen molar-refractivity contribution in [2.75, 3.05) is 0 Å². The highest BCUT2D eigenvalue weighted by Crippen LogP contribution is 2.36. The van der Waals surface area contributed by atoms with Gasteiger partial charge in [-0.05, 0) is 55.0 Å². The Balaban J connectivity index is 0.00000196. The Morgan fingerprint density at radius 2 is 1.92 bits per heavy atom. The fourth-order valence-corrected chi connectivity index (χ4v) is 3.41. The van der Waals surface area contributed by atoms with E-state index in [1.54, 1.807) is 12.4 Å². The van der Waals surface area contributed by atoms with Crippen LogP contribution in [0.25, 0.3) is 11.1 Å². The maximum absolute atomic E-state index is 6.42. The molecule has 3 aromatic rings. The first kappa shape index (κ1) is 18.6. The second kappa shape index (κ2) is 8.47. The van der Waals surface area contributed by atoms with Gasteiger partial charge in [0.2, 0.25) is 5.88 Å². The fourth-order valence-electron chi connectivity index (χ4n) is 3.20. The molecule has 0 saturated heterocycles. The molecule has 134 valence electrons. The Labute approximate surface area is 164 Å². The van der Waals surface area contributed by atoms with E-state index < -0.39 is 0 Å². The smallest absolute Gasteiger partial charge is 0.214 e. The number of pyridine rings is 3. The van der Waals surface area contributed by atoms with E-state index in [-0.39, 0.29) is 12.4 Å². The molecule has 1 aliphatic rings. The van der Waals surface area contributed by atoms with Crippen LogP contribution in [0.2, 0.25) is 5.02 Å². The largest absolute Gasteiger partial charge is 0.471 e. The predicted molar refractivity (Wildman–Crippen MR) is 105 cm³/mol. The number of halogens is 2. The Morgan fingerprint density at radius 1 is 1.04 bits per heavy atom. The number of hydrogen-bond acceptors (Lipinski definition) is 4. The molecule has 0 saturated carbocycles. The fraction of sp³-hybridized carbons (Fsp3) is 0.250. The van der Waals surface area contributed by atoms with Gasteiger partial charge in [0.1, 0.15) is 6.61 Å². The minimum absolute atomic E-state index is 0. The molecule has 0 fully saturated rings. The molecule has 0 radical (unpaired) electrons. The van der Waals surface area contributed by atoms with Crippen LogP contribution in [0.5, 0.6) is 5.88 Å². The molecule has 4 rings (SSSR count). The van der Waals surface area contributed by atoms with Crippen molar-refractivity contribution >= 4 is 24.0 Å². The van der Waals surface area contributed by atoms with E-state index in [1.807, 2.05) is 36.5 Å². The Hall–Kier alpha value is -2.17. The SMILES string of the molecule is Cl.Clc1ccncc1-c1cc(OCc2ccccn2)nc2c1CCCC2. The lowest BCUT2D eigenvalue weighted by atomic mass is 9.90. The molecule has 3 aromatic heterocycles. The minimum atomic E-state index is 0. The third-order valence-electron chi connectivity index (χ3n) is 4.43. The van der Waals surface area contributed by atoms with Crippen LogP contribution in [-0.2, 0) is 19.4 Å². The van der Waals surface area contributed by atoms with Crippen molar-refractivity contribution in [2.45, 2.75) is 32.3 Å². The molecule has 3 heterocycles. The van der Waals surface area contributed by atoms with Crippen LogP contribution >= 0.6 is 24.0 Å².